The smallest absolute Gasteiger partial charge is 0.253 e. The van der Waals surface area contributed by atoms with Gasteiger partial charge in [0.15, 0.2) is 0 Å². The molecule has 0 aromatic heterocycles. The van der Waals surface area contributed by atoms with Crippen LogP contribution < -0.4 is 5.32 Å². The van der Waals surface area contributed by atoms with E-state index < -0.39 is 0 Å². The molecule has 5 heteroatoms. The summed E-state index contributed by atoms with van der Waals surface area (Å²) in [5.41, 5.74) is 1.37. The maximum atomic E-state index is 12.2. The van der Waals surface area contributed by atoms with E-state index in [9.17, 15) is 4.79 Å². The van der Waals surface area contributed by atoms with Crippen molar-refractivity contribution in [3.8, 4) is 0 Å². The predicted octanol–water partition coefficient (Wildman–Crippen LogP) is 5.14. The van der Waals surface area contributed by atoms with Gasteiger partial charge >= 0.3 is 0 Å². The first kappa shape index (κ1) is 15.2. The minimum atomic E-state index is -0.242. The highest BCUT2D eigenvalue weighted by Gasteiger charge is 2.14. The summed E-state index contributed by atoms with van der Waals surface area (Å²) in [5, 5.41) is 4.37. The third kappa shape index (κ3) is 3.66. The Bertz CT molecular complexity index is 626. The van der Waals surface area contributed by atoms with Gasteiger partial charge in [0.1, 0.15) is 0 Å². The zero-order valence-electron chi connectivity index (χ0n) is 10.7. The molecule has 0 saturated heterocycles. The van der Waals surface area contributed by atoms with E-state index in [2.05, 4.69) is 5.32 Å². The van der Waals surface area contributed by atoms with E-state index in [1.807, 2.05) is 19.1 Å². The van der Waals surface area contributed by atoms with Crippen LogP contribution in [0.15, 0.2) is 42.5 Å². The quantitative estimate of drug-likeness (QED) is 0.830. The van der Waals surface area contributed by atoms with Crippen molar-refractivity contribution in [3.05, 3.63) is 68.7 Å². The number of amides is 1. The van der Waals surface area contributed by atoms with Crippen LogP contribution in [-0.4, -0.2) is 5.91 Å². The fraction of sp³-hybridized carbons (Fsp3) is 0.133. The first-order chi connectivity index (χ1) is 9.47. The molecule has 1 unspecified atom stereocenters. The van der Waals surface area contributed by atoms with Gasteiger partial charge in [-0.15, -0.1) is 0 Å². The van der Waals surface area contributed by atoms with Crippen LogP contribution in [0.25, 0.3) is 0 Å². The Labute approximate surface area is 132 Å². The second kappa shape index (κ2) is 6.49. The van der Waals surface area contributed by atoms with E-state index in [0.717, 1.165) is 5.56 Å². The van der Waals surface area contributed by atoms with E-state index in [4.69, 9.17) is 34.8 Å². The molecule has 2 aromatic carbocycles. The summed E-state index contributed by atoms with van der Waals surface area (Å²) in [7, 11) is 0. The number of benzene rings is 2. The lowest BCUT2D eigenvalue weighted by atomic mass is 10.1. The number of hydrogen-bond donors (Lipinski definition) is 1. The van der Waals surface area contributed by atoms with Crippen molar-refractivity contribution in [1.29, 1.82) is 0 Å². The average molecular weight is 329 g/mol. The Balaban J connectivity index is 2.13. The molecule has 0 fully saturated rings. The molecule has 1 amide bonds. The molecular formula is C15H12Cl3NO. The zero-order chi connectivity index (χ0) is 14.7. The van der Waals surface area contributed by atoms with Gasteiger partial charge in [-0.05, 0) is 42.8 Å². The molecule has 0 radical (unpaired) electrons. The minimum Gasteiger partial charge on any atom is -0.345 e. The highest BCUT2D eigenvalue weighted by molar-refractivity contribution is 6.36. The molecule has 2 aromatic rings. The Hall–Kier alpha value is -1.22. The van der Waals surface area contributed by atoms with Gasteiger partial charge in [0.05, 0.1) is 16.6 Å². The number of nitrogens with one attached hydrogen (secondary N) is 1. The van der Waals surface area contributed by atoms with Crippen LogP contribution in [0, 0.1) is 0 Å². The molecular weight excluding hydrogens is 317 g/mol. The van der Waals surface area contributed by atoms with Gasteiger partial charge in [-0.3, -0.25) is 4.79 Å². The minimum absolute atomic E-state index is 0.147. The molecule has 0 heterocycles. The van der Waals surface area contributed by atoms with Crippen molar-refractivity contribution in [2.45, 2.75) is 13.0 Å². The van der Waals surface area contributed by atoms with Crippen molar-refractivity contribution in [1.82, 2.24) is 5.32 Å². The Morgan fingerprint density at radius 2 is 1.60 bits per heavy atom. The molecule has 0 saturated carbocycles. The van der Waals surface area contributed by atoms with Crippen LogP contribution >= 0.6 is 34.8 Å². The Morgan fingerprint density at radius 3 is 2.20 bits per heavy atom. The fourth-order valence-corrected chi connectivity index (χ4v) is 2.40. The summed E-state index contributed by atoms with van der Waals surface area (Å²) in [6, 6.07) is 12.0. The number of carbonyl (C=O) groups excluding carboxylic acids is 1. The van der Waals surface area contributed by atoms with E-state index in [0.29, 0.717) is 20.6 Å². The first-order valence-electron chi connectivity index (χ1n) is 5.99. The van der Waals surface area contributed by atoms with Gasteiger partial charge in [0.2, 0.25) is 0 Å². The van der Waals surface area contributed by atoms with Gasteiger partial charge in [-0.1, -0.05) is 46.9 Å². The summed E-state index contributed by atoms with van der Waals surface area (Å²) in [4.78, 5) is 12.2. The van der Waals surface area contributed by atoms with Crippen LogP contribution in [-0.2, 0) is 0 Å². The first-order valence-corrected chi connectivity index (χ1v) is 7.12. The highest BCUT2D eigenvalue weighted by Crippen LogP contribution is 2.22. The number of rotatable bonds is 3. The topological polar surface area (TPSA) is 29.1 Å². The zero-order valence-corrected chi connectivity index (χ0v) is 12.9. The normalized spacial score (nSPS) is 12.0. The van der Waals surface area contributed by atoms with Crippen molar-refractivity contribution in [3.63, 3.8) is 0 Å². The van der Waals surface area contributed by atoms with Gasteiger partial charge in [0.25, 0.3) is 5.91 Å². The van der Waals surface area contributed by atoms with E-state index in [1.165, 1.54) is 0 Å². The third-order valence-electron chi connectivity index (χ3n) is 2.89. The highest BCUT2D eigenvalue weighted by atomic mass is 35.5. The molecule has 1 atom stereocenters. The second-order valence-electron chi connectivity index (χ2n) is 4.37. The van der Waals surface area contributed by atoms with Crippen LogP contribution in [0.3, 0.4) is 0 Å². The molecule has 0 aliphatic heterocycles. The summed E-state index contributed by atoms with van der Waals surface area (Å²) in [6.07, 6.45) is 0. The SMILES string of the molecule is CC(NC(=O)c1ccc(Cl)cc1Cl)c1ccc(Cl)cc1. The molecule has 20 heavy (non-hydrogen) atoms. The lowest BCUT2D eigenvalue weighted by Gasteiger charge is -2.15. The monoisotopic (exact) mass is 327 g/mol. The lowest BCUT2D eigenvalue weighted by molar-refractivity contribution is 0.0940. The summed E-state index contributed by atoms with van der Waals surface area (Å²) in [6.45, 7) is 1.89. The van der Waals surface area contributed by atoms with Gasteiger partial charge < -0.3 is 5.32 Å². The van der Waals surface area contributed by atoms with E-state index >= 15 is 0 Å². The number of carbonyl (C=O) groups is 1. The second-order valence-corrected chi connectivity index (χ2v) is 5.65. The molecule has 2 rings (SSSR count). The summed E-state index contributed by atoms with van der Waals surface area (Å²) >= 11 is 17.7. The maximum Gasteiger partial charge on any atom is 0.253 e. The van der Waals surface area contributed by atoms with Gasteiger partial charge in [-0.2, -0.15) is 0 Å². The largest absolute Gasteiger partial charge is 0.345 e. The predicted molar refractivity (Wildman–Crippen MR) is 83.8 cm³/mol. The van der Waals surface area contributed by atoms with E-state index in [1.54, 1.807) is 30.3 Å². The van der Waals surface area contributed by atoms with Gasteiger partial charge in [-0.25, -0.2) is 0 Å². The Morgan fingerprint density at radius 1 is 1.00 bits per heavy atom. The molecule has 1 N–H and O–H groups in total. The molecule has 2 nitrogen and oxygen atoms in total. The lowest BCUT2D eigenvalue weighted by Crippen LogP contribution is -2.26. The van der Waals surface area contributed by atoms with Crippen molar-refractivity contribution >= 4 is 40.7 Å². The number of hydrogen-bond acceptors (Lipinski definition) is 1. The molecule has 0 aliphatic rings. The maximum absolute atomic E-state index is 12.2. The number of halogens is 3. The van der Waals surface area contributed by atoms with E-state index in [-0.39, 0.29) is 11.9 Å². The van der Waals surface area contributed by atoms with Crippen molar-refractivity contribution in [2.24, 2.45) is 0 Å². The summed E-state index contributed by atoms with van der Waals surface area (Å²) in [5.74, 6) is -0.242. The standard InChI is InChI=1S/C15H12Cl3NO/c1-9(10-2-4-11(16)5-3-10)19-15(20)13-7-6-12(17)8-14(13)18/h2-9H,1H3,(H,19,20). The summed E-state index contributed by atoms with van der Waals surface area (Å²) < 4.78 is 0. The molecule has 104 valence electrons. The van der Waals surface area contributed by atoms with Gasteiger partial charge in [0, 0.05) is 10.0 Å². The van der Waals surface area contributed by atoms with Crippen LogP contribution in [0.1, 0.15) is 28.9 Å². The molecule has 0 spiro atoms. The molecule has 0 bridgehead atoms. The van der Waals surface area contributed by atoms with Crippen LogP contribution in [0.5, 0.6) is 0 Å². The average Bonchev–Trinajstić information content (AvgIpc) is 2.39. The van der Waals surface area contributed by atoms with Crippen molar-refractivity contribution in [2.75, 3.05) is 0 Å². The Kier molecular flexibility index (Phi) is 4.92. The molecule has 0 aliphatic carbocycles. The van der Waals surface area contributed by atoms with Crippen LogP contribution in [0.2, 0.25) is 15.1 Å². The van der Waals surface area contributed by atoms with Crippen LogP contribution in [0.4, 0.5) is 0 Å². The third-order valence-corrected chi connectivity index (χ3v) is 3.69. The van der Waals surface area contributed by atoms with Crippen molar-refractivity contribution < 1.29 is 4.79 Å². The fourth-order valence-electron chi connectivity index (χ4n) is 1.78.